The van der Waals surface area contributed by atoms with Crippen LogP contribution >= 0.6 is 0 Å². The van der Waals surface area contributed by atoms with E-state index in [1.165, 1.54) is 12.1 Å². The highest BCUT2D eigenvalue weighted by Crippen LogP contribution is 2.34. The lowest BCUT2D eigenvalue weighted by Gasteiger charge is -2.32. The van der Waals surface area contributed by atoms with Crippen molar-refractivity contribution < 1.29 is 12.8 Å². The predicted octanol–water partition coefficient (Wildman–Crippen LogP) is 5.05. The predicted molar refractivity (Wildman–Crippen MR) is 133 cm³/mol. The molecule has 0 aliphatic carbocycles. The Hall–Kier alpha value is -3.56. The highest BCUT2D eigenvalue weighted by molar-refractivity contribution is 7.89. The van der Waals surface area contributed by atoms with Crippen LogP contribution in [0.3, 0.4) is 0 Å². The second-order valence-corrected chi connectivity index (χ2v) is 10.9. The Kier molecular flexibility index (Phi) is 5.19. The average molecular weight is 490 g/mol. The van der Waals surface area contributed by atoms with Gasteiger partial charge in [-0.15, -0.1) is 0 Å². The Morgan fingerprint density at radius 2 is 1.77 bits per heavy atom. The fourth-order valence-corrected chi connectivity index (χ4v) is 6.78. The van der Waals surface area contributed by atoms with E-state index in [1.54, 1.807) is 35.0 Å². The first-order valence-corrected chi connectivity index (χ1v) is 13.0. The Labute approximate surface area is 202 Å². The first-order chi connectivity index (χ1) is 16.9. The van der Waals surface area contributed by atoms with Crippen LogP contribution in [-0.2, 0) is 10.0 Å². The Balaban J connectivity index is 1.25. The van der Waals surface area contributed by atoms with E-state index in [1.807, 2.05) is 31.2 Å². The molecule has 4 heterocycles. The molecule has 0 amide bonds. The van der Waals surface area contributed by atoms with E-state index in [2.05, 4.69) is 19.5 Å². The number of aryl methyl sites for hydroxylation is 1. The van der Waals surface area contributed by atoms with Crippen molar-refractivity contribution in [2.45, 2.75) is 30.7 Å². The van der Waals surface area contributed by atoms with Gasteiger partial charge in [-0.05, 0) is 55.2 Å². The number of halogens is 1. The van der Waals surface area contributed by atoms with Gasteiger partial charge in [0.1, 0.15) is 22.1 Å². The van der Waals surface area contributed by atoms with Crippen LogP contribution in [0.4, 0.5) is 4.39 Å². The minimum atomic E-state index is -3.66. The average Bonchev–Trinajstić information content (AvgIpc) is 3.45. The number of benzene rings is 2. The summed E-state index contributed by atoms with van der Waals surface area (Å²) in [5.74, 6) is 0.628. The molecule has 0 spiro atoms. The number of hydrogen-bond donors (Lipinski definition) is 1. The van der Waals surface area contributed by atoms with Gasteiger partial charge in [0, 0.05) is 42.4 Å². The number of piperidine rings is 1. The van der Waals surface area contributed by atoms with Crippen LogP contribution in [-0.4, -0.2) is 45.3 Å². The molecule has 3 aromatic heterocycles. The molecule has 1 saturated heterocycles. The van der Waals surface area contributed by atoms with Gasteiger partial charge in [0.25, 0.3) is 0 Å². The summed E-state index contributed by atoms with van der Waals surface area (Å²) in [5, 5.41) is 0.655. The summed E-state index contributed by atoms with van der Waals surface area (Å²) in [6.07, 6.45) is 6.52. The van der Waals surface area contributed by atoms with Crippen molar-refractivity contribution in [3.8, 4) is 11.1 Å². The number of imidazole rings is 1. The van der Waals surface area contributed by atoms with Crippen LogP contribution in [0.1, 0.15) is 24.7 Å². The van der Waals surface area contributed by atoms with Gasteiger partial charge < -0.3 is 9.55 Å². The first kappa shape index (κ1) is 21.9. The number of rotatable bonds is 4. The van der Waals surface area contributed by atoms with E-state index in [0.29, 0.717) is 31.3 Å². The van der Waals surface area contributed by atoms with Gasteiger partial charge in [0.2, 0.25) is 10.0 Å². The lowest BCUT2D eigenvalue weighted by atomic mass is 10.0. The summed E-state index contributed by atoms with van der Waals surface area (Å²) >= 11 is 0. The monoisotopic (exact) mass is 489 g/mol. The quantitative estimate of drug-likeness (QED) is 0.383. The van der Waals surface area contributed by atoms with Crippen molar-refractivity contribution in [1.29, 1.82) is 0 Å². The van der Waals surface area contributed by atoms with E-state index >= 15 is 0 Å². The molecule has 2 aromatic carbocycles. The summed E-state index contributed by atoms with van der Waals surface area (Å²) in [4.78, 5) is 12.2. The number of pyridine rings is 1. The van der Waals surface area contributed by atoms with Crippen LogP contribution in [0, 0.1) is 12.7 Å². The molecular formula is C26H24FN5O2S. The highest BCUT2D eigenvalue weighted by atomic mass is 32.2. The molecule has 0 unspecified atom stereocenters. The van der Waals surface area contributed by atoms with Gasteiger partial charge in [-0.2, -0.15) is 4.31 Å². The Bertz CT molecular complexity index is 1650. The van der Waals surface area contributed by atoms with E-state index in [-0.39, 0.29) is 16.8 Å². The van der Waals surface area contributed by atoms with Gasteiger partial charge in [0.15, 0.2) is 0 Å². The zero-order valence-electron chi connectivity index (χ0n) is 19.1. The van der Waals surface area contributed by atoms with E-state index in [9.17, 15) is 12.8 Å². The van der Waals surface area contributed by atoms with Gasteiger partial charge in [-0.3, -0.25) is 4.98 Å². The maximum absolute atomic E-state index is 13.6. The summed E-state index contributed by atoms with van der Waals surface area (Å²) < 4.78 is 44.2. The first-order valence-electron chi connectivity index (χ1n) is 11.6. The summed E-state index contributed by atoms with van der Waals surface area (Å²) in [6.45, 7) is 2.87. The van der Waals surface area contributed by atoms with Gasteiger partial charge in [-0.25, -0.2) is 17.8 Å². The topological polar surface area (TPSA) is 83.9 Å². The van der Waals surface area contributed by atoms with Gasteiger partial charge in [0.05, 0.1) is 11.7 Å². The normalized spacial score (nSPS) is 15.8. The molecule has 0 saturated carbocycles. The van der Waals surface area contributed by atoms with Crippen LogP contribution < -0.4 is 0 Å². The SMILES string of the molecule is Cc1nc2cnccc2n1C1CCN(S(=O)(=O)c2c[nH]c3cc(-c4ccc(F)cc4)ccc23)CC1. The van der Waals surface area contributed by atoms with Crippen molar-refractivity contribution in [3.05, 3.63) is 78.8 Å². The van der Waals surface area contributed by atoms with Crippen LogP contribution in [0.5, 0.6) is 0 Å². The number of H-pyrrole nitrogens is 1. The lowest BCUT2D eigenvalue weighted by Crippen LogP contribution is -2.39. The molecule has 1 N–H and O–H groups in total. The van der Waals surface area contributed by atoms with Gasteiger partial charge >= 0.3 is 0 Å². The molecule has 9 heteroatoms. The highest BCUT2D eigenvalue weighted by Gasteiger charge is 2.32. The van der Waals surface area contributed by atoms with E-state index < -0.39 is 10.0 Å². The number of nitrogens with one attached hydrogen (secondary N) is 1. The number of nitrogens with zero attached hydrogens (tertiary/aromatic N) is 4. The second kappa shape index (κ2) is 8.28. The molecule has 7 nitrogen and oxygen atoms in total. The Morgan fingerprint density at radius 3 is 2.54 bits per heavy atom. The number of aromatic amines is 1. The molecule has 5 aromatic rings. The molecule has 1 aliphatic heterocycles. The van der Waals surface area contributed by atoms with Crippen LogP contribution in [0.15, 0.2) is 72.0 Å². The number of hydrogen-bond acceptors (Lipinski definition) is 4. The third kappa shape index (κ3) is 3.71. The van der Waals surface area contributed by atoms with Crippen molar-refractivity contribution >= 4 is 32.0 Å². The molecule has 178 valence electrons. The minimum Gasteiger partial charge on any atom is -0.360 e. The van der Waals surface area contributed by atoms with Crippen LogP contribution in [0.25, 0.3) is 33.1 Å². The third-order valence-corrected chi connectivity index (χ3v) is 8.83. The van der Waals surface area contributed by atoms with Crippen LogP contribution in [0.2, 0.25) is 0 Å². The third-order valence-electron chi connectivity index (χ3n) is 6.90. The molecular weight excluding hydrogens is 465 g/mol. The second-order valence-electron chi connectivity index (χ2n) is 8.95. The van der Waals surface area contributed by atoms with Crippen molar-refractivity contribution in [1.82, 2.24) is 23.8 Å². The fraction of sp³-hybridized carbons (Fsp3) is 0.231. The molecule has 1 fully saturated rings. The van der Waals surface area contributed by atoms with E-state index in [4.69, 9.17) is 0 Å². The standard InChI is InChI=1S/C26H24FN5O2S/c1-17-30-24-15-28-11-8-25(24)32(17)21-9-12-31(13-10-21)35(33,34)26-16-29-23-14-19(4-7-22(23)26)18-2-5-20(27)6-3-18/h2-8,11,14-16,21,29H,9-10,12-13H2,1H3. The summed E-state index contributed by atoms with van der Waals surface area (Å²) in [6, 6.07) is 14.0. The van der Waals surface area contributed by atoms with E-state index in [0.717, 1.165) is 33.5 Å². The number of aromatic nitrogens is 4. The molecule has 1 aliphatic rings. The Morgan fingerprint density at radius 1 is 1.03 bits per heavy atom. The van der Waals surface area contributed by atoms with Crippen molar-refractivity contribution in [3.63, 3.8) is 0 Å². The minimum absolute atomic E-state index is 0.190. The summed E-state index contributed by atoms with van der Waals surface area (Å²) in [7, 11) is -3.66. The maximum Gasteiger partial charge on any atom is 0.245 e. The number of fused-ring (bicyclic) bond motifs is 2. The van der Waals surface area contributed by atoms with Crippen molar-refractivity contribution in [2.75, 3.05) is 13.1 Å². The maximum atomic E-state index is 13.6. The fourth-order valence-electron chi connectivity index (χ4n) is 5.15. The zero-order valence-corrected chi connectivity index (χ0v) is 20.0. The molecule has 35 heavy (non-hydrogen) atoms. The number of sulfonamides is 1. The van der Waals surface area contributed by atoms with Crippen molar-refractivity contribution in [2.24, 2.45) is 0 Å². The largest absolute Gasteiger partial charge is 0.360 e. The molecule has 0 atom stereocenters. The molecule has 0 bridgehead atoms. The molecule has 6 rings (SSSR count). The zero-order chi connectivity index (χ0) is 24.2. The lowest BCUT2D eigenvalue weighted by molar-refractivity contribution is 0.275. The summed E-state index contributed by atoms with van der Waals surface area (Å²) in [5.41, 5.74) is 4.38. The van der Waals surface area contributed by atoms with Gasteiger partial charge in [-0.1, -0.05) is 24.3 Å². The molecule has 0 radical (unpaired) electrons. The smallest absolute Gasteiger partial charge is 0.245 e.